The van der Waals surface area contributed by atoms with Crippen LogP contribution in [0, 0.1) is 13.8 Å². The maximum Gasteiger partial charge on any atom is 0.252 e. The second-order valence-electron chi connectivity index (χ2n) is 5.84. The quantitative estimate of drug-likeness (QED) is 0.775. The number of nitrogens with zero attached hydrogens (tertiary/aromatic N) is 2. The summed E-state index contributed by atoms with van der Waals surface area (Å²) in [4.78, 5) is 11.5. The lowest BCUT2D eigenvalue weighted by Crippen LogP contribution is -2.13. The summed E-state index contributed by atoms with van der Waals surface area (Å²) in [5.41, 5.74) is 10.3. The van der Waals surface area contributed by atoms with E-state index in [4.69, 9.17) is 5.73 Å². The second-order valence-corrected chi connectivity index (χ2v) is 5.84. The predicted octanol–water partition coefficient (Wildman–Crippen LogP) is 2.88. The van der Waals surface area contributed by atoms with Crippen LogP contribution in [0.1, 0.15) is 32.6 Å². The van der Waals surface area contributed by atoms with Gasteiger partial charge in [0, 0.05) is 12.4 Å². The van der Waals surface area contributed by atoms with Crippen LogP contribution in [0.25, 0.3) is 5.69 Å². The van der Waals surface area contributed by atoms with Gasteiger partial charge in [-0.05, 0) is 66.8 Å². The van der Waals surface area contributed by atoms with Crippen molar-refractivity contribution in [3.8, 4) is 11.4 Å². The molecule has 0 fully saturated rings. The molecule has 3 N–H and O–H groups in total. The van der Waals surface area contributed by atoms with E-state index < -0.39 is 5.91 Å². The van der Waals surface area contributed by atoms with Crippen LogP contribution in [0.2, 0.25) is 0 Å². The smallest absolute Gasteiger partial charge is 0.252 e. The Kier molecular flexibility index (Phi) is 4.08. The van der Waals surface area contributed by atoms with E-state index in [-0.39, 0.29) is 11.3 Å². The Bertz CT molecular complexity index is 882. The molecule has 1 heterocycles. The lowest BCUT2D eigenvalue weighted by molar-refractivity contribution is 0.0997. The van der Waals surface area contributed by atoms with Crippen molar-refractivity contribution in [2.75, 3.05) is 0 Å². The lowest BCUT2D eigenvalue weighted by Gasteiger charge is -2.14. The maximum atomic E-state index is 11.5. The predicted molar refractivity (Wildman–Crippen MR) is 92.5 cm³/mol. The number of primary amides is 1. The van der Waals surface area contributed by atoms with Gasteiger partial charge >= 0.3 is 0 Å². The van der Waals surface area contributed by atoms with Gasteiger partial charge in [-0.2, -0.15) is 5.10 Å². The number of rotatable bonds is 4. The molecule has 3 rings (SSSR count). The van der Waals surface area contributed by atoms with Crippen LogP contribution < -0.4 is 5.73 Å². The minimum absolute atomic E-state index is 0.0298. The zero-order chi connectivity index (χ0) is 17.3. The summed E-state index contributed by atoms with van der Waals surface area (Å²) in [5.74, 6) is -0.649. The van der Waals surface area contributed by atoms with Crippen LogP contribution in [0.3, 0.4) is 0 Å². The molecule has 0 unspecified atom stereocenters. The fraction of sp³-hybridized carbons (Fsp3) is 0.158. The Morgan fingerprint density at radius 1 is 1.21 bits per heavy atom. The Hall–Kier alpha value is -3.08. The zero-order valence-corrected chi connectivity index (χ0v) is 13.7. The first-order chi connectivity index (χ1) is 11.5. The van der Waals surface area contributed by atoms with Gasteiger partial charge in [0.05, 0.1) is 11.3 Å². The number of hydrogen-bond acceptors (Lipinski definition) is 3. The normalized spacial score (nSPS) is 10.8. The molecule has 1 amide bonds. The monoisotopic (exact) mass is 321 g/mol. The molecular weight excluding hydrogens is 302 g/mol. The fourth-order valence-corrected chi connectivity index (χ4v) is 2.75. The largest absolute Gasteiger partial charge is 0.507 e. The molecule has 24 heavy (non-hydrogen) atoms. The molecule has 122 valence electrons. The molecule has 5 nitrogen and oxygen atoms in total. The summed E-state index contributed by atoms with van der Waals surface area (Å²) >= 11 is 0. The number of carbonyl (C=O) groups excluding carboxylic acids is 1. The van der Waals surface area contributed by atoms with Crippen LogP contribution in [0.5, 0.6) is 5.75 Å². The molecule has 0 aliphatic rings. The van der Waals surface area contributed by atoms with E-state index in [1.165, 1.54) is 0 Å². The number of aromatic hydroxyl groups is 1. The molecule has 2 aromatic carbocycles. The van der Waals surface area contributed by atoms with Crippen LogP contribution in [-0.4, -0.2) is 20.8 Å². The minimum Gasteiger partial charge on any atom is -0.507 e. The van der Waals surface area contributed by atoms with Crippen LogP contribution >= 0.6 is 0 Å². The van der Waals surface area contributed by atoms with Gasteiger partial charge in [0.2, 0.25) is 0 Å². The van der Waals surface area contributed by atoms with Crippen molar-refractivity contribution in [1.82, 2.24) is 9.78 Å². The SMILES string of the molecule is Cc1c(Cc2ccc(-n3cccn3)cc2)cc(C(N)=O)c(O)c1C. The van der Waals surface area contributed by atoms with Crippen LogP contribution in [0.15, 0.2) is 48.8 Å². The maximum absolute atomic E-state index is 11.5. The molecule has 0 aliphatic heterocycles. The number of aromatic nitrogens is 2. The van der Waals surface area contributed by atoms with Crippen LogP contribution in [-0.2, 0) is 6.42 Å². The third-order valence-corrected chi connectivity index (χ3v) is 4.34. The van der Waals surface area contributed by atoms with Crippen LogP contribution in [0.4, 0.5) is 0 Å². The Labute approximate surface area is 140 Å². The highest BCUT2D eigenvalue weighted by Gasteiger charge is 2.15. The van der Waals surface area contributed by atoms with Gasteiger partial charge in [-0.15, -0.1) is 0 Å². The molecule has 5 heteroatoms. The van der Waals surface area contributed by atoms with E-state index in [1.807, 2.05) is 43.5 Å². The van der Waals surface area contributed by atoms with E-state index in [0.29, 0.717) is 12.0 Å². The number of nitrogens with two attached hydrogens (primary N) is 1. The first kappa shape index (κ1) is 15.8. The van der Waals surface area contributed by atoms with E-state index in [9.17, 15) is 9.90 Å². The summed E-state index contributed by atoms with van der Waals surface area (Å²) in [7, 11) is 0. The number of hydrogen-bond donors (Lipinski definition) is 2. The highest BCUT2D eigenvalue weighted by Crippen LogP contribution is 2.29. The molecule has 1 aromatic heterocycles. The van der Waals surface area contributed by atoms with E-state index in [2.05, 4.69) is 5.10 Å². The lowest BCUT2D eigenvalue weighted by atomic mass is 9.93. The van der Waals surface area contributed by atoms with Crippen molar-refractivity contribution in [3.63, 3.8) is 0 Å². The minimum atomic E-state index is -0.620. The molecule has 3 aromatic rings. The first-order valence-corrected chi connectivity index (χ1v) is 7.68. The molecule has 0 saturated carbocycles. The van der Waals surface area contributed by atoms with Gasteiger partial charge in [0.25, 0.3) is 5.91 Å². The van der Waals surface area contributed by atoms with Crippen molar-refractivity contribution < 1.29 is 9.90 Å². The molecule has 0 bridgehead atoms. The zero-order valence-electron chi connectivity index (χ0n) is 13.7. The molecule has 0 aliphatic carbocycles. The summed E-state index contributed by atoms with van der Waals surface area (Å²) in [6.45, 7) is 3.73. The van der Waals surface area contributed by atoms with Gasteiger partial charge in [0.1, 0.15) is 5.75 Å². The number of carbonyl (C=O) groups is 1. The van der Waals surface area contributed by atoms with Crippen molar-refractivity contribution in [3.05, 3.63) is 76.6 Å². The van der Waals surface area contributed by atoms with Crippen molar-refractivity contribution in [2.24, 2.45) is 5.73 Å². The summed E-state index contributed by atoms with van der Waals surface area (Å²) in [6.07, 6.45) is 4.29. The van der Waals surface area contributed by atoms with Crippen molar-refractivity contribution in [2.45, 2.75) is 20.3 Å². The number of amides is 1. The van der Waals surface area contributed by atoms with E-state index in [0.717, 1.165) is 22.4 Å². The number of phenols is 1. The van der Waals surface area contributed by atoms with Gasteiger partial charge in [0.15, 0.2) is 0 Å². The van der Waals surface area contributed by atoms with E-state index in [1.54, 1.807) is 23.9 Å². The first-order valence-electron chi connectivity index (χ1n) is 7.68. The molecule has 0 radical (unpaired) electrons. The fourth-order valence-electron chi connectivity index (χ4n) is 2.75. The molecule has 0 saturated heterocycles. The highest BCUT2D eigenvalue weighted by atomic mass is 16.3. The highest BCUT2D eigenvalue weighted by molar-refractivity contribution is 5.96. The Morgan fingerprint density at radius 2 is 1.92 bits per heavy atom. The van der Waals surface area contributed by atoms with Crippen molar-refractivity contribution >= 4 is 5.91 Å². The average Bonchev–Trinajstić information content (AvgIpc) is 3.10. The molecular formula is C19H19N3O2. The standard InChI is InChI=1S/C19H19N3O2/c1-12-13(2)18(23)17(19(20)24)11-15(12)10-14-4-6-16(7-5-14)22-9-3-8-21-22/h3-9,11,23H,10H2,1-2H3,(H2,20,24). The van der Waals surface area contributed by atoms with Gasteiger partial charge in [-0.1, -0.05) is 12.1 Å². The van der Waals surface area contributed by atoms with Crippen molar-refractivity contribution in [1.29, 1.82) is 0 Å². The third kappa shape index (κ3) is 2.88. The second kappa shape index (κ2) is 6.20. The molecule has 0 atom stereocenters. The van der Waals surface area contributed by atoms with Gasteiger partial charge in [-0.3, -0.25) is 4.79 Å². The summed E-state index contributed by atoms with van der Waals surface area (Å²) < 4.78 is 1.80. The Balaban J connectivity index is 1.92. The van der Waals surface area contributed by atoms with Gasteiger partial charge < -0.3 is 10.8 Å². The Morgan fingerprint density at radius 3 is 2.50 bits per heavy atom. The average molecular weight is 321 g/mol. The molecule has 0 spiro atoms. The summed E-state index contributed by atoms with van der Waals surface area (Å²) in [5, 5.41) is 14.3. The van der Waals surface area contributed by atoms with Gasteiger partial charge in [-0.25, -0.2) is 4.68 Å². The topological polar surface area (TPSA) is 81.1 Å². The number of benzene rings is 2. The summed E-state index contributed by atoms with van der Waals surface area (Å²) in [6, 6.07) is 11.6. The third-order valence-electron chi connectivity index (χ3n) is 4.34. The van der Waals surface area contributed by atoms with E-state index >= 15 is 0 Å².